The van der Waals surface area contributed by atoms with Crippen molar-refractivity contribution in [3.05, 3.63) is 0 Å². The molecule has 2 N–H and O–H groups in total. The number of nitrogens with zero attached hydrogens (tertiary/aromatic N) is 1. The van der Waals surface area contributed by atoms with Crippen LogP contribution in [0.3, 0.4) is 0 Å². The van der Waals surface area contributed by atoms with Gasteiger partial charge in [0.1, 0.15) is 13.2 Å². The second kappa shape index (κ2) is 14.5. The number of aliphatic hydroxyl groups is 1. The maximum Gasteiger partial charge on any atom is 0.268 e. The van der Waals surface area contributed by atoms with Gasteiger partial charge in [0.2, 0.25) is 5.91 Å². The smallest absolute Gasteiger partial charge is 0.268 e. The lowest BCUT2D eigenvalue weighted by atomic mass is 10.0. The number of aliphatic hydroxyl groups excluding tert-OH is 1. The zero-order chi connectivity index (χ0) is 21.6. The molecule has 0 bridgehead atoms. The normalized spacial score (nSPS) is 16.4. The van der Waals surface area contributed by atoms with Crippen molar-refractivity contribution < 1.29 is 32.9 Å². The highest BCUT2D eigenvalue weighted by molar-refractivity contribution is 7.45. The lowest BCUT2D eigenvalue weighted by molar-refractivity contribution is -0.870. The van der Waals surface area contributed by atoms with E-state index >= 15 is 0 Å². The second-order valence-electron chi connectivity index (χ2n) is 8.28. The quantitative estimate of drug-likeness (QED) is 0.211. The molecule has 9 heteroatoms. The van der Waals surface area contributed by atoms with Gasteiger partial charge in [-0.2, -0.15) is 0 Å². The summed E-state index contributed by atoms with van der Waals surface area (Å²) in [7, 11) is 1.29. The van der Waals surface area contributed by atoms with Gasteiger partial charge in [-0.1, -0.05) is 46.0 Å². The number of carbonyl (C=O) groups is 1. The summed E-state index contributed by atoms with van der Waals surface area (Å²) in [5, 5.41) is 13.1. The molecular formula is C19H41N2O6P. The number of likely N-dealkylation sites (N-methyl/N-ethyl adjacent to an activating group) is 1. The summed E-state index contributed by atoms with van der Waals surface area (Å²) in [6.45, 7) is 4.19. The van der Waals surface area contributed by atoms with E-state index in [2.05, 4.69) is 12.2 Å². The second-order valence-corrected chi connectivity index (χ2v) is 9.70. The van der Waals surface area contributed by atoms with Crippen LogP contribution in [0.25, 0.3) is 0 Å². The van der Waals surface area contributed by atoms with Gasteiger partial charge in [-0.05, 0) is 12.8 Å². The van der Waals surface area contributed by atoms with Crippen molar-refractivity contribution in [1.29, 1.82) is 0 Å². The maximum atomic E-state index is 12.0. The topological polar surface area (TPSA) is 108 Å². The van der Waals surface area contributed by atoms with E-state index in [4.69, 9.17) is 9.05 Å². The molecule has 0 spiro atoms. The number of phosphoric acid groups is 1. The molecule has 28 heavy (non-hydrogen) atoms. The Balaban J connectivity index is 4.60. The van der Waals surface area contributed by atoms with Gasteiger partial charge in [-0.3, -0.25) is 9.36 Å². The van der Waals surface area contributed by atoms with Crippen LogP contribution in [0.4, 0.5) is 0 Å². The van der Waals surface area contributed by atoms with Gasteiger partial charge in [0, 0.05) is 6.42 Å². The standard InChI is InChI=1S/C19H41N2O6P/c1-6-8-9-10-11-13-18(22)17(20-19(23)12-7-2)16-27-28(24,25)26-15-14-21(3,4)5/h17-18,22H,6-16H2,1-5H3,(H-,20,23,24,25). The molecule has 0 aliphatic heterocycles. The number of hydrogen-bond donors (Lipinski definition) is 2. The monoisotopic (exact) mass is 424 g/mol. The fourth-order valence-corrected chi connectivity index (χ4v) is 3.27. The van der Waals surface area contributed by atoms with E-state index in [0.29, 0.717) is 30.3 Å². The third-order valence-corrected chi connectivity index (χ3v) is 5.28. The zero-order valence-corrected chi connectivity index (χ0v) is 19.2. The summed E-state index contributed by atoms with van der Waals surface area (Å²) >= 11 is 0. The average Bonchev–Trinajstić information content (AvgIpc) is 2.57. The molecule has 0 fully saturated rings. The van der Waals surface area contributed by atoms with Crippen LogP contribution in [0.2, 0.25) is 0 Å². The minimum absolute atomic E-state index is 0.0110. The van der Waals surface area contributed by atoms with Crippen molar-refractivity contribution in [1.82, 2.24) is 5.32 Å². The van der Waals surface area contributed by atoms with Crippen molar-refractivity contribution >= 4 is 13.7 Å². The molecule has 0 saturated carbocycles. The summed E-state index contributed by atoms with van der Waals surface area (Å²) in [4.78, 5) is 23.9. The maximum absolute atomic E-state index is 12.0. The van der Waals surface area contributed by atoms with Crippen molar-refractivity contribution in [3.63, 3.8) is 0 Å². The Kier molecular flexibility index (Phi) is 14.2. The highest BCUT2D eigenvalue weighted by atomic mass is 31.2. The van der Waals surface area contributed by atoms with Gasteiger partial charge < -0.3 is 28.8 Å². The van der Waals surface area contributed by atoms with E-state index in [9.17, 15) is 19.4 Å². The Morgan fingerprint density at radius 1 is 1.11 bits per heavy atom. The van der Waals surface area contributed by atoms with Crippen LogP contribution in [-0.4, -0.2) is 68.5 Å². The molecule has 168 valence electrons. The summed E-state index contributed by atoms with van der Waals surface area (Å²) in [6, 6.07) is -0.783. The first-order valence-corrected chi connectivity index (χ1v) is 11.8. The highest BCUT2D eigenvalue weighted by Crippen LogP contribution is 2.38. The third-order valence-electron chi connectivity index (χ3n) is 4.32. The number of quaternary nitrogens is 1. The largest absolute Gasteiger partial charge is 0.756 e. The molecule has 0 aliphatic carbocycles. The molecule has 8 nitrogen and oxygen atoms in total. The predicted molar refractivity (Wildman–Crippen MR) is 109 cm³/mol. The molecule has 3 atom stereocenters. The van der Waals surface area contributed by atoms with Crippen LogP contribution in [0.5, 0.6) is 0 Å². The van der Waals surface area contributed by atoms with Gasteiger partial charge in [0.15, 0.2) is 0 Å². The molecule has 0 radical (unpaired) electrons. The zero-order valence-electron chi connectivity index (χ0n) is 18.3. The van der Waals surface area contributed by atoms with Crippen LogP contribution in [0.15, 0.2) is 0 Å². The van der Waals surface area contributed by atoms with Gasteiger partial charge >= 0.3 is 0 Å². The fourth-order valence-electron chi connectivity index (χ4n) is 2.55. The van der Waals surface area contributed by atoms with E-state index in [1.807, 2.05) is 28.1 Å². The molecular weight excluding hydrogens is 383 g/mol. The average molecular weight is 425 g/mol. The first-order valence-electron chi connectivity index (χ1n) is 10.4. The van der Waals surface area contributed by atoms with Crippen LogP contribution < -0.4 is 10.2 Å². The SMILES string of the molecule is CCCCCCCC(O)C(COP(=O)([O-])OCC[N+](C)(C)C)NC(=O)CCC. The molecule has 1 amide bonds. The molecule has 0 rings (SSSR count). The lowest BCUT2D eigenvalue weighted by Crippen LogP contribution is -2.46. The highest BCUT2D eigenvalue weighted by Gasteiger charge is 2.24. The summed E-state index contributed by atoms with van der Waals surface area (Å²) in [6.07, 6.45) is 5.80. The Hall–Kier alpha value is -0.500. The molecule has 3 unspecified atom stereocenters. The van der Waals surface area contributed by atoms with Crippen molar-refractivity contribution in [3.8, 4) is 0 Å². The molecule has 0 aliphatic rings. The van der Waals surface area contributed by atoms with Crippen LogP contribution in [-0.2, 0) is 18.4 Å². The van der Waals surface area contributed by atoms with Gasteiger partial charge in [-0.25, -0.2) is 0 Å². The number of unbranched alkanes of at least 4 members (excludes halogenated alkanes) is 4. The minimum atomic E-state index is -4.49. The predicted octanol–water partition coefficient (Wildman–Crippen LogP) is 2.20. The Morgan fingerprint density at radius 2 is 1.75 bits per heavy atom. The van der Waals surface area contributed by atoms with E-state index in [1.54, 1.807) is 0 Å². The van der Waals surface area contributed by atoms with Gasteiger partial charge in [-0.15, -0.1) is 0 Å². The summed E-state index contributed by atoms with van der Waals surface area (Å²) < 4.78 is 22.4. The number of rotatable bonds is 17. The first kappa shape index (κ1) is 27.5. The molecule has 0 heterocycles. The molecule has 0 saturated heterocycles. The summed E-state index contributed by atoms with van der Waals surface area (Å²) in [5.74, 6) is -0.229. The van der Waals surface area contributed by atoms with E-state index in [0.717, 1.165) is 32.1 Å². The molecule has 0 aromatic heterocycles. The number of carbonyl (C=O) groups excluding carboxylic acids is 1. The van der Waals surface area contributed by atoms with E-state index in [-0.39, 0.29) is 19.1 Å². The Bertz CT molecular complexity index is 470. The van der Waals surface area contributed by atoms with E-state index in [1.165, 1.54) is 0 Å². The number of phosphoric ester groups is 1. The molecule has 0 aromatic carbocycles. The number of nitrogens with one attached hydrogen (secondary N) is 1. The number of amides is 1. The molecule has 0 aromatic rings. The lowest BCUT2D eigenvalue weighted by Gasteiger charge is -2.30. The number of hydrogen-bond acceptors (Lipinski definition) is 6. The summed E-state index contributed by atoms with van der Waals surface area (Å²) in [5.41, 5.74) is 0. The van der Waals surface area contributed by atoms with Gasteiger partial charge in [0.05, 0.1) is 39.9 Å². The Morgan fingerprint density at radius 3 is 2.32 bits per heavy atom. The van der Waals surface area contributed by atoms with Crippen LogP contribution in [0, 0.1) is 0 Å². The van der Waals surface area contributed by atoms with Crippen molar-refractivity contribution in [2.75, 3.05) is 40.9 Å². The van der Waals surface area contributed by atoms with Crippen LogP contribution in [0.1, 0.15) is 65.2 Å². The minimum Gasteiger partial charge on any atom is -0.756 e. The fraction of sp³-hybridized carbons (Fsp3) is 0.947. The third kappa shape index (κ3) is 15.4. The van der Waals surface area contributed by atoms with Crippen molar-refractivity contribution in [2.24, 2.45) is 0 Å². The Labute approximate surface area is 170 Å². The van der Waals surface area contributed by atoms with Crippen LogP contribution >= 0.6 is 7.82 Å². The van der Waals surface area contributed by atoms with E-state index < -0.39 is 20.0 Å². The van der Waals surface area contributed by atoms with Gasteiger partial charge in [0.25, 0.3) is 7.82 Å². The van der Waals surface area contributed by atoms with Crippen molar-refractivity contribution in [2.45, 2.75) is 77.4 Å². The first-order chi connectivity index (χ1) is 13.0.